The maximum Gasteiger partial charge on any atom is 0.310 e. The lowest BCUT2D eigenvalue weighted by Crippen LogP contribution is -2.32. The van der Waals surface area contributed by atoms with Crippen LogP contribution in [0.15, 0.2) is 24.3 Å². The van der Waals surface area contributed by atoms with Crippen molar-refractivity contribution >= 4 is 16.9 Å². The molecule has 4 nitrogen and oxygen atoms in total. The van der Waals surface area contributed by atoms with Crippen LogP contribution in [0, 0.1) is 11.3 Å². The van der Waals surface area contributed by atoms with Crippen molar-refractivity contribution in [1.29, 1.82) is 0 Å². The second-order valence-electron chi connectivity index (χ2n) is 5.76. The first-order valence-corrected chi connectivity index (χ1v) is 6.66. The number of aromatic nitrogens is 2. The van der Waals surface area contributed by atoms with Crippen LogP contribution < -0.4 is 0 Å². The zero-order chi connectivity index (χ0) is 13.6. The van der Waals surface area contributed by atoms with Gasteiger partial charge in [0.2, 0.25) is 0 Å². The molecule has 1 fully saturated rings. The van der Waals surface area contributed by atoms with E-state index in [-0.39, 0.29) is 0 Å². The van der Waals surface area contributed by atoms with Crippen molar-refractivity contribution in [2.75, 3.05) is 0 Å². The molecule has 1 aliphatic carbocycles. The van der Waals surface area contributed by atoms with Crippen LogP contribution in [-0.4, -0.2) is 20.9 Å². The molecule has 4 heteroatoms. The van der Waals surface area contributed by atoms with Crippen LogP contribution >= 0.6 is 0 Å². The van der Waals surface area contributed by atoms with Crippen molar-refractivity contribution in [2.45, 2.75) is 26.2 Å². The van der Waals surface area contributed by atoms with E-state index in [1.165, 1.54) is 0 Å². The summed E-state index contributed by atoms with van der Waals surface area (Å²) >= 11 is 0. The quantitative estimate of drug-likeness (QED) is 0.917. The van der Waals surface area contributed by atoms with Gasteiger partial charge in [0.05, 0.1) is 16.6 Å². The van der Waals surface area contributed by atoms with Crippen LogP contribution in [0.3, 0.4) is 0 Å². The van der Waals surface area contributed by atoms with Crippen molar-refractivity contribution in [1.82, 2.24) is 9.78 Å². The third-order valence-corrected chi connectivity index (χ3v) is 4.34. The monoisotopic (exact) mass is 258 g/mol. The van der Waals surface area contributed by atoms with E-state index in [1.54, 1.807) is 0 Å². The fourth-order valence-corrected chi connectivity index (χ4v) is 2.88. The number of rotatable bonds is 4. The molecule has 0 saturated heterocycles. The highest BCUT2D eigenvalue weighted by molar-refractivity contribution is 5.83. The van der Waals surface area contributed by atoms with Gasteiger partial charge in [-0.25, -0.2) is 0 Å². The molecule has 1 atom stereocenters. The smallest absolute Gasteiger partial charge is 0.310 e. The second kappa shape index (κ2) is 4.08. The lowest BCUT2D eigenvalue weighted by molar-refractivity contribution is -0.149. The summed E-state index contributed by atoms with van der Waals surface area (Å²) in [6.07, 6.45) is 2.55. The van der Waals surface area contributed by atoms with Crippen LogP contribution in [0.1, 0.15) is 25.5 Å². The number of hydrogen-bond donors (Lipinski definition) is 1. The highest BCUT2D eigenvalue weighted by Gasteiger charge is 2.48. The highest BCUT2D eigenvalue weighted by atomic mass is 16.4. The standard InChI is InChI=1S/C15H18N2O2/c1-15(14(18)19,10-7-8-10)9-12-11-5-3-4-6-13(11)17(2)16-12/h3-6,10H,7-9H2,1-2H3,(H,18,19). The molecule has 1 N–H and O–H groups in total. The van der Waals surface area contributed by atoms with E-state index in [0.29, 0.717) is 12.3 Å². The van der Waals surface area contributed by atoms with Gasteiger partial charge in [-0.2, -0.15) is 5.10 Å². The van der Waals surface area contributed by atoms with E-state index in [0.717, 1.165) is 29.4 Å². The Labute approximate surface area is 112 Å². The van der Waals surface area contributed by atoms with Gasteiger partial charge in [0.25, 0.3) is 0 Å². The molecule has 1 aromatic heterocycles. The van der Waals surface area contributed by atoms with E-state index < -0.39 is 11.4 Å². The zero-order valence-electron chi connectivity index (χ0n) is 11.3. The Bertz CT molecular complexity index is 643. The fraction of sp³-hybridized carbons (Fsp3) is 0.467. The summed E-state index contributed by atoms with van der Waals surface area (Å²) in [6.45, 7) is 1.86. The number of aryl methyl sites for hydroxylation is 1. The number of carbonyl (C=O) groups is 1. The van der Waals surface area contributed by atoms with Gasteiger partial charge in [-0.1, -0.05) is 18.2 Å². The number of carboxylic acid groups (broad SMARTS) is 1. The summed E-state index contributed by atoms with van der Waals surface area (Å²) in [7, 11) is 1.90. The van der Waals surface area contributed by atoms with Crippen molar-refractivity contribution in [3.8, 4) is 0 Å². The van der Waals surface area contributed by atoms with E-state index >= 15 is 0 Å². The van der Waals surface area contributed by atoms with Gasteiger partial charge in [-0.15, -0.1) is 0 Å². The van der Waals surface area contributed by atoms with Gasteiger partial charge in [0, 0.05) is 18.9 Å². The van der Waals surface area contributed by atoms with Gasteiger partial charge in [-0.05, 0) is 31.7 Å². The molecule has 0 amide bonds. The molecule has 1 saturated carbocycles. The predicted octanol–water partition coefficient (Wildman–Crippen LogP) is 2.62. The molecule has 1 heterocycles. The molecule has 2 aromatic rings. The lowest BCUT2D eigenvalue weighted by atomic mass is 9.80. The Morgan fingerprint density at radius 1 is 1.47 bits per heavy atom. The lowest BCUT2D eigenvalue weighted by Gasteiger charge is -2.23. The minimum Gasteiger partial charge on any atom is -0.481 e. The van der Waals surface area contributed by atoms with Crippen LogP contribution in [0.25, 0.3) is 10.9 Å². The van der Waals surface area contributed by atoms with Crippen molar-refractivity contribution < 1.29 is 9.90 Å². The number of nitrogens with zero attached hydrogens (tertiary/aromatic N) is 2. The zero-order valence-corrected chi connectivity index (χ0v) is 11.3. The van der Waals surface area contributed by atoms with E-state index in [1.807, 2.05) is 42.9 Å². The Hall–Kier alpha value is -1.84. The second-order valence-corrected chi connectivity index (χ2v) is 5.76. The Kier molecular flexibility index (Phi) is 2.62. The molecule has 0 spiro atoms. The summed E-state index contributed by atoms with van der Waals surface area (Å²) < 4.78 is 1.83. The minimum absolute atomic E-state index is 0.297. The third kappa shape index (κ3) is 1.91. The number of carboxylic acids is 1. The first-order valence-electron chi connectivity index (χ1n) is 6.66. The third-order valence-electron chi connectivity index (χ3n) is 4.34. The Morgan fingerprint density at radius 3 is 2.79 bits per heavy atom. The molecular weight excluding hydrogens is 240 g/mol. The number of para-hydroxylation sites is 1. The number of hydrogen-bond acceptors (Lipinski definition) is 2. The normalized spacial score (nSPS) is 18.4. The summed E-state index contributed by atoms with van der Waals surface area (Å²) in [6, 6.07) is 7.99. The molecule has 3 rings (SSSR count). The summed E-state index contributed by atoms with van der Waals surface area (Å²) in [4.78, 5) is 11.6. The molecule has 0 bridgehead atoms. The number of benzene rings is 1. The Balaban J connectivity index is 2.03. The van der Waals surface area contributed by atoms with E-state index in [9.17, 15) is 9.90 Å². The number of fused-ring (bicyclic) bond motifs is 1. The molecule has 19 heavy (non-hydrogen) atoms. The van der Waals surface area contributed by atoms with Gasteiger partial charge in [0.1, 0.15) is 0 Å². The Morgan fingerprint density at radius 2 is 2.16 bits per heavy atom. The van der Waals surface area contributed by atoms with Gasteiger partial charge >= 0.3 is 5.97 Å². The largest absolute Gasteiger partial charge is 0.481 e. The molecule has 0 radical (unpaired) electrons. The van der Waals surface area contributed by atoms with Crippen molar-refractivity contribution in [3.05, 3.63) is 30.0 Å². The molecule has 100 valence electrons. The molecule has 1 unspecified atom stereocenters. The van der Waals surface area contributed by atoms with Crippen LogP contribution in [-0.2, 0) is 18.3 Å². The maximum atomic E-state index is 11.6. The van der Waals surface area contributed by atoms with Crippen LogP contribution in [0.4, 0.5) is 0 Å². The van der Waals surface area contributed by atoms with Gasteiger partial charge in [-0.3, -0.25) is 9.48 Å². The van der Waals surface area contributed by atoms with E-state index in [2.05, 4.69) is 5.10 Å². The van der Waals surface area contributed by atoms with Crippen LogP contribution in [0.5, 0.6) is 0 Å². The first-order chi connectivity index (χ1) is 9.02. The summed E-state index contributed by atoms with van der Waals surface area (Å²) in [5.74, 6) is -0.407. The first kappa shape index (κ1) is 12.2. The van der Waals surface area contributed by atoms with E-state index in [4.69, 9.17) is 0 Å². The summed E-state index contributed by atoms with van der Waals surface area (Å²) in [5.41, 5.74) is 1.27. The van der Waals surface area contributed by atoms with Crippen LogP contribution in [0.2, 0.25) is 0 Å². The molecular formula is C15H18N2O2. The van der Waals surface area contributed by atoms with Gasteiger partial charge in [0.15, 0.2) is 0 Å². The molecule has 0 aliphatic heterocycles. The average Bonchev–Trinajstić information content (AvgIpc) is 3.18. The summed E-state index contributed by atoms with van der Waals surface area (Å²) in [5, 5.41) is 15.1. The van der Waals surface area contributed by atoms with Gasteiger partial charge < -0.3 is 5.11 Å². The topological polar surface area (TPSA) is 55.1 Å². The number of aliphatic carboxylic acids is 1. The predicted molar refractivity (Wildman–Crippen MR) is 72.9 cm³/mol. The minimum atomic E-state index is -0.704. The van der Waals surface area contributed by atoms with Crippen molar-refractivity contribution in [2.24, 2.45) is 18.4 Å². The maximum absolute atomic E-state index is 11.6. The van der Waals surface area contributed by atoms with Crippen molar-refractivity contribution in [3.63, 3.8) is 0 Å². The fourth-order valence-electron chi connectivity index (χ4n) is 2.88. The molecule has 1 aliphatic rings. The average molecular weight is 258 g/mol. The highest BCUT2D eigenvalue weighted by Crippen LogP contribution is 2.47. The molecule has 1 aromatic carbocycles. The SMILES string of the molecule is Cn1nc(CC(C)(C(=O)O)C2CC2)c2ccccc21.